The van der Waals surface area contributed by atoms with E-state index in [1.807, 2.05) is 30.6 Å². The second-order valence-corrected chi connectivity index (χ2v) is 25.3. The Morgan fingerprint density at radius 1 is 0.671 bits per heavy atom. The molecule has 8 atom stereocenters. The van der Waals surface area contributed by atoms with Crippen molar-refractivity contribution in [2.24, 2.45) is 29.4 Å². The largest absolute Gasteiger partial charge is 0.363 e. The van der Waals surface area contributed by atoms with Crippen LogP contribution in [-0.2, 0) is 45.0 Å². The van der Waals surface area contributed by atoms with Gasteiger partial charge in [-0.15, -0.1) is 0 Å². The fourth-order valence-electron chi connectivity index (χ4n) is 11.9. The molecule has 10 heterocycles. The van der Waals surface area contributed by atoms with Gasteiger partial charge in [-0.1, -0.05) is 30.6 Å². The highest BCUT2D eigenvalue weighted by atomic mass is 35.7. The zero-order valence-corrected chi connectivity index (χ0v) is 42.8. The molecule has 2 aliphatic carbocycles. The van der Waals surface area contributed by atoms with E-state index in [-0.39, 0.29) is 31.3 Å². The van der Waals surface area contributed by atoms with Gasteiger partial charge in [0.2, 0.25) is 19.1 Å². The zero-order valence-electron chi connectivity index (χ0n) is 38.9. The summed E-state index contributed by atoms with van der Waals surface area (Å²) in [5, 5.41) is 3.10. The minimum Gasteiger partial charge on any atom is -0.363 e. The molecule has 5 N–H and O–H groups in total. The molecule has 6 aromatic rings. The molecule has 6 aromatic heterocycles. The fraction of sp³-hybridized carbons (Fsp3) is 0.532. The lowest BCUT2D eigenvalue weighted by Gasteiger charge is -2.42. The minimum atomic E-state index is -3.23. The predicted molar refractivity (Wildman–Crippen MR) is 279 cm³/mol. The van der Waals surface area contributed by atoms with Crippen molar-refractivity contribution in [2.45, 2.75) is 97.1 Å². The molecule has 12 rings (SSSR count). The highest BCUT2D eigenvalue weighted by Gasteiger charge is 2.45. The van der Waals surface area contributed by atoms with E-state index in [4.69, 9.17) is 38.9 Å². The van der Waals surface area contributed by atoms with Gasteiger partial charge in [-0.3, -0.25) is 0 Å². The van der Waals surface area contributed by atoms with E-state index in [1.54, 1.807) is 12.7 Å². The van der Waals surface area contributed by atoms with Gasteiger partial charge in [-0.25, -0.2) is 51.5 Å². The lowest BCUT2D eigenvalue weighted by atomic mass is 9.92. The van der Waals surface area contributed by atoms with Crippen molar-refractivity contribution in [1.29, 1.82) is 0 Å². The summed E-state index contributed by atoms with van der Waals surface area (Å²) < 4.78 is 45.5. The van der Waals surface area contributed by atoms with Gasteiger partial charge in [0.15, 0.2) is 0 Å². The number of nitrogens with zero attached hydrogens (tertiary/aromatic N) is 10. The number of pyridine rings is 2. The summed E-state index contributed by atoms with van der Waals surface area (Å²) in [4.78, 5) is 43.6. The van der Waals surface area contributed by atoms with Crippen LogP contribution in [0.15, 0.2) is 49.3 Å². The maximum absolute atomic E-state index is 11.9. The van der Waals surface area contributed by atoms with Crippen LogP contribution in [0.5, 0.6) is 0 Å². The van der Waals surface area contributed by atoms with Crippen LogP contribution in [0, 0.1) is 23.7 Å². The van der Waals surface area contributed by atoms with Crippen molar-refractivity contribution in [2.75, 3.05) is 58.3 Å². The van der Waals surface area contributed by atoms with Gasteiger partial charge in [0.25, 0.3) is 0 Å². The molecule has 0 aromatic carbocycles. The van der Waals surface area contributed by atoms with Gasteiger partial charge in [-0.2, -0.15) is 0 Å². The van der Waals surface area contributed by atoms with Crippen molar-refractivity contribution in [3.05, 3.63) is 82.1 Å². The van der Waals surface area contributed by atoms with Gasteiger partial charge in [0.1, 0.15) is 45.9 Å². The SMILES string of the molecule is C.CS(=O)(=O)Cl.C[C@@H]1Cc2ncnc(N3C[C@H]4CC[C@@H](C3)C4N)c2CN1c1cc(Cl)nc2[nH]ccc12.C[C@@H]1Cc2ncnc(N3C[C@H]4CC[C@@H](C3)C4NS(C)(=O)=O)c2CN1c1cc(Cl)nc2[nH]ccc12. The monoisotopic (exact) mass is 1050 g/mol. The molecule has 18 nitrogen and oxygen atoms in total. The van der Waals surface area contributed by atoms with E-state index in [1.165, 1.54) is 24.7 Å². The van der Waals surface area contributed by atoms with E-state index >= 15 is 0 Å². The highest BCUT2D eigenvalue weighted by molar-refractivity contribution is 8.13. The number of fused-ring (bicyclic) bond motifs is 8. The number of nitrogens with one attached hydrogen (secondary N) is 3. The van der Waals surface area contributed by atoms with Crippen molar-refractivity contribution in [1.82, 2.24) is 44.6 Å². The average Bonchev–Trinajstić information content (AvgIpc) is 4.04. The first-order valence-electron chi connectivity index (χ1n) is 23.4. The maximum atomic E-state index is 11.9. The molecule has 2 saturated heterocycles. The van der Waals surface area contributed by atoms with Crippen LogP contribution in [0.3, 0.4) is 0 Å². The van der Waals surface area contributed by atoms with E-state index in [0.717, 1.165) is 127 Å². The van der Waals surface area contributed by atoms with E-state index in [0.29, 0.717) is 40.8 Å². The molecule has 2 saturated carbocycles. The van der Waals surface area contributed by atoms with Crippen LogP contribution in [-0.4, -0.2) is 120 Å². The number of halogens is 3. The third-order valence-corrected chi connectivity index (χ3v) is 16.1. The summed E-state index contributed by atoms with van der Waals surface area (Å²) >= 11 is 12.7. The van der Waals surface area contributed by atoms with Crippen molar-refractivity contribution in [3.63, 3.8) is 0 Å². The van der Waals surface area contributed by atoms with Crippen LogP contribution in [0.25, 0.3) is 22.1 Å². The first-order valence-corrected chi connectivity index (χ1v) is 28.8. The molecule has 2 unspecified atom stereocenters. The van der Waals surface area contributed by atoms with E-state index in [9.17, 15) is 16.8 Å². The van der Waals surface area contributed by atoms with Crippen LogP contribution >= 0.6 is 33.9 Å². The number of anilines is 4. The summed E-state index contributed by atoms with van der Waals surface area (Å²) in [6.07, 6.45) is 15.6. The summed E-state index contributed by atoms with van der Waals surface area (Å²) in [7, 11) is -1.92. The number of hydrogen-bond donors (Lipinski definition) is 4. The molecule has 4 fully saturated rings. The second-order valence-electron chi connectivity index (χ2n) is 19.7. The molecule has 0 amide bonds. The van der Waals surface area contributed by atoms with Crippen LogP contribution in [0.4, 0.5) is 23.0 Å². The Balaban J connectivity index is 0.000000158. The Hall–Kier alpha value is -4.57. The Bertz CT molecular complexity index is 3090. The first-order chi connectivity index (χ1) is 32.8. The van der Waals surface area contributed by atoms with Crippen molar-refractivity contribution >= 4 is 98.0 Å². The van der Waals surface area contributed by atoms with Crippen LogP contribution in [0.1, 0.15) is 69.5 Å². The number of nitrogens with two attached hydrogens (primary N) is 1. The number of aromatic amines is 2. The number of hydrogen-bond acceptors (Lipinski definition) is 15. The molecular formula is C47H61Cl3N14O4S2. The predicted octanol–water partition coefficient (Wildman–Crippen LogP) is 6.67. The van der Waals surface area contributed by atoms with Crippen molar-refractivity contribution < 1.29 is 16.8 Å². The quantitative estimate of drug-likeness (QED) is 0.101. The molecule has 0 spiro atoms. The van der Waals surface area contributed by atoms with Gasteiger partial charge in [0, 0.05) is 121 Å². The third-order valence-electron chi connectivity index (χ3n) is 15.0. The standard InChI is InChI=1S/C23H28ClN7O2S.C22H26ClN7.CH3ClO2S.CH4/c1-13-7-18-17(11-31(13)19-8-20(24)28-22-16(19)5-6-25-22)23(27-12-26-18)30-9-14-3-4-15(10-30)21(14)29-34(2,32)33;1-12-6-17-16(10-30(12)18-7-19(23)28-21-15(18)4-5-25-21)22(27-11-26-17)29-8-13-2-3-14(9-29)20(13)24;1-5(2,3)4;/h5-6,8,12-15,21,29H,3-4,7,9-11H2,1-2H3,(H,25,28);4-5,7,11-14,20H,2-3,6,8-10,24H2,1H3,(H,25,28);1H3;1H4/t13-,14-,15+,21?;12-,13-,14+,20?;;/m11../s1. The lowest BCUT2D eigenvalue weighted by Crippen LogP contribution is -2.53. The molecule has 6 aliphatic rings. The summed E-state index contributed by atoms with van der Waals surface area (Å²) in [6, 6.07) is 8.93. The Morgan fingerprint density at radius 3 is 1.49 bits per heavy atom. The molecular weight excluding hydrogens is 995 g/mol. The van der Waals surface area contributed by atoms with E-state index < -0.39 is 19.1 Å². The molecule has 23 heteroatoms. The number of piperidine rings is 2. The topological polar surface area (TPSA) is 228 Å². The second kappa shape index (κ2) is 19.8. The smallest absolute Gasteiger partial charge is 0.229 e. The lowest BCUT2D eigenvalue weighted by molar-refractivity contribution is 0.330. The number of sulfonamides is 1. The van der Waals surface area contributed by atoms with E-state index in [2.05, 4.69) is 84.8 Å². The van der Waals surface area contributed by atoms with Crippen LogP contribution < -0.4 is 30.1 Å². The van der Waals surface area contributed by atoms with Gasteiger partial charge < -0.3 is 35.3 Å². The maximum Gasteiger partial charge on any atom is 0.229 e. The molecule has 70 heavy (non-hydrogen) atoms. The number of H-pyrrole nitrogens is 2. The summed E-state index contributed by atoms with van der Waals surface area (Å²) in [6.45, 7) is 9.50. The Labute approximate surface area is 424 Å². The molecule has 4 aliphatic heterocycles. The first kappa shape index (κ1) is 50.4. The van der Waals surface area contributed by atoms with Crippen LogP contribution in [0.2, 0.25) is 10.3 Å². The summed E-state index contributed by atoms with van der Waals surface area (Å²) in [5.41, 5.74) is 14.8. The number of aromatic nitrogens is 8. The van der Waals surface area contributed by atoms with Crippen molar-refractivity contribution in [3.8, 4) is 0 Å². The normalized spacial score (nSPS) is 25.9. The average molecular weight is 1060 g/mol. The third kappa shape index (κ3) is 10.4. The highest BCUT2D eigenvalue weighted by Crippen LogP contribution is 2.43. The number of rotatable bonds is 6. The Morgan fingerprint density at radius 2 is 1.07 bits per heavy atom. The van der Waals surface area contributed by atoms with Gasteiger partial charge in [-0.05, 0) is 87.5 Å². The van der Waals surface area contributed by atoms with Gasteiger partial charge in [0.05, 0.1) is 35.3 Å². The zero-order chi connectivity index (χ0) is 48.5. The fourth-order valence-corrected chi connectivity index (χ4v) is 13.2. The molecule has 4 bridgehead atoms. The van der Waals surface area contributed by atoms with Gasteiger partial charge >= 0.3 is 0 Å². The molecule has 376 valence electrons. The minimum absolute atomic E-state index is 0. The summed E-state index contributed by atoms with van der Waals surface area (Å²) in [5.74, 6) is 3.79. The molecule has 0 radical (unpaired) electrons. The Kier molecular flexibility index (Phi) is 14.2.